The third-order valence-electron chi connectivity index (χ3n) is 12.7. The number of nitrogens with zero attached hydrogens (tertiary/aromatic N) is 4. The van der Waals surface area contributed by atoms with E-state index >= 15 is 0 Å². The standard InChI is InChI=1S/C56H32N4OS/c1-3-16-33(17-4-1)51-55-52(39-24-11-14-29-49(39)62-55)58-56(57-51)43-30-34-18-7-8-21-36(34)50-40-25-15-28-46(53(40)61-54(43)50)60-45-27-13-10-23-38(45)42-31-41-37-22-9-12-26-44(37)59(47(41)32-48(42)60)35-19-5-2-6-20-35/h1-32H. The Morgan fingerprint density at radius 1 is 0.435 bits per heavy atom. The van der Waals surface area contributed by atoms with Crippen molar-refractivity contribution in [3.8, 4) is 34.0 Å². The zero-order valence-corrected chi connectivity index (χ0v) is 33.9. The van der Waals surface area contributed by atoms with Crippen LogP contribution in [-0.4, -0.2) is 19.1 Å². The molecular formula is C56H32N4OS. The maximum atomic E-state index is 7.35. The minimum Gasteiger partial charge on any atom is -0.453 e. The molecule has 6 heteroatoms. The largest absolute Gasteiger partial charge is 0.453 e. The summed E-state index contributed by atoms with van der Waals surface area (Å²) in [5.74, 6) is 0.643. The van der Waals surface area contributed by atoms with Crippen LogP contribution in [0.5, 0.6) is 0 Å². The first-order valence-electron chi connectivity index (χ1n) is 20.9. The Balaban J connectivity index is 1.09. The third kappa shape index (κ3) is 4.67. The van der Waals surface area contributed by atoms with Crippen molar-refractivity contribution in [2.24, 2.45) is 0 Å². The molecule has 9 aromatic carbocycles. The molecule has 5 nitrogen and oxygen atoms in total. The van der Waals surface area contributed by atoms with Crippen LogP contribution < -0.4 is 0 Å². The predicted octanol–water partition coefficient (Wildman–Crippen LogP) is 15.4. The van der Waals surface area contributed by atoms with E-state index in [1.807, 2.05) is 0 Å². The molecule has 62 heavy (non-hydrogen) atoms. The number of hydrogen-bond acceptors (Lipinski definition) is 4. The van der Waals surface area contributed by atoms with Gasteiger partial charge in [0.25, 0.3) is 0 Å². The summed E-state index contributed by atoms with van der Waals surface area (Å²) < 4.78 is 14.4. The first-order valence-corrected chi connectivity index (χ1v) is 21.7. The lowest BCUT2D eigenvalue weighted by Gasteiger charge is -2.10. The van der Waals surface area contributed by atoms with E-state index in [0.717, 1.165) is 93.1 Å². The fourth-order valence-electron chi connectivity index (χ4n) is 10.0. The van der Waals surface area contributed by atoms with Gasteiger partial charge < -0.3 is 13.6 Å². The van der Waals surface area contributed by atoms with Crippen LogP contribution >= 0.6 is 11.3 Å². The first-order chi connectivity index (χ1) is 30.8. The molecule has 0 aliphatic rings. The molecular weight excluding hydrogens is 777 g/mol. The summed E-state index contributed by atoms with van der Waals surface area (Å²) in [4.78, 5) is 10.8. The predicted molar refractivity (Wildman–Crippen MR) is 259 cm³/mol. The van der Waals surface area contributed by atoms with Gasteiger partial charge in [-0.25, -0.2) is 9.97 Å². The number of aromatic nitrogens is 4. The van der Waals surface area contributed by atoms with E-state index in [0.29, 0.717) is 5.82 Å². The molecule has 0 radical (unpaired) electrons. The second-order valence-electron chi connectivity index (χ2n) is 16.1. The third-order valence-corrected chi connectivity index (χ3v) is 13.9. The van der Waals surface area contributed by atoms with Crippen LogP contribution in [0, 0.1) is 0 Å². The van der Waals surface area contributed by atoms with Gasteiger partial charge in [0.05, 0.1) is 49.2 Å². The number of thiophene rings is 1. The molecule has 288 valence electrons. The highest BCUT2D eigenvalue weighted by atomic mass is 32.1. The summed E-state index contributed by atoms with van der Waals surface area (Å²) in [6.45, 7) is 0. The maximum Gasteiger partial charge on any atom is 0.164 e. The summed E-state index contributed by atoms with van der Waals surface area (Å²) in [5.41, 5.74) is 12.1. The van der Waals surface area contributed by atoms with Gasteiger partial charge in [-0.05, 0) is 65.4 Å². The van der Waals surface area contributed by atoms with Crippen LogP contribution in [-0.2, 0) is 0 Å². The quantitative estimate of drug-likeness (QED) is 0.178. The van der Waals surface area contributed by atoms with Crippen molar-refractivity contribution in [1.82, 2.24) is 19.1 Å². The number of rotatable bonds is 4. The van der Waals surface area contributed by atoms with E-state index in [2.05, 4.69) is 203 Å². The number of fused-ring (bicyclic) bond motifs is 14. The molecule has 0 saturated carbocycles. The van der Waals surface area contributed by atoms with Gasteiger partial charge in [0.1, 0.15) is 5.58 Å². The average molecular weight is 809 g/mol. The topological polar surface area (TPSA) is 48.8 Å². The number of furan rings is 1. The Labute approximate surface area is 358 Å². The summed E-state index contributed by atoms with van der Waals surface area (Å²) in [6, 6.07) is 69.3. The number of hydrogen-bond donors (Lipinski definition) is 0. The van der Waals surface area contributed by atoms with Gasteiger partial charge >= 0.3 is 0 Å². The highest BCUT2D eigenvalue weighted by Crippen LogP contribution is 2.46. The van der Waals surface area contributed by atoms with Crippen molar-refractivity contribution in [2.75, 3.05) is 0 Å². The van der Waals surface area contributed by atoms with E-state index in [1.54, 1.807) is 11.3 Å². The first kappa shape index (κ1) is 33.7. The Hall–Kier alpha value is -8.06. The Morgan fingerprint density at radius 3 is 1.85 bits per heavy atom. The van der Waals surface area contributed by atoms with E-state index < -0.39 is 0 Å². The lowest BCUT2D eigenvalue weighted by Crippen LogP contribution is -1.96. The molecule has 14 aromatic rings. The monoisotopic (exact) mass is 808 g/mol. The highest BCUT2D eigenvalue weighted by molar-refractivity contribution is 7.26. The molecule has 5 heterocycles. The van der Waals surface area contributed by atoms with Crippen molar-refractivity contribution in [3.05, 3.63) is 194 Å². The van der Waals surface area contributed by atoms with Gasteiger partial charge in [0, 0.05) is 53.7 Å². The highest BCUT2D eigenvalue weighted by Gasteiger charge is 2.25. The van der Waals surface area contributed by atoms with Crippen molar-refractivity contribution >= 4 is 108 Å². The molecule has 0 aliphatic carbocycles. The van der Waals surface area contributed by atoms with Gasteiger partial charge in [-0.1, -0.05) is 140 Å². The average Bonchev–Trinajstić information content (AvgIpc) is 4.09. The van der Waals surface area contributed by atoms with Gasteiger partial charge in [-0.3, -0.25) is 0 Å². The van der Waals surface area contributed by atoms with Crippen LogP contribution in [0.4, 0.5) is 0 Å². The number of benzene rings is 9. The van der Waals surface area contributed by atoms with Gasteiger partial charge in [-0.15, -0.1) is 11.3 Å². The molecule has 14 rings (SSSR count). The summed E-state index contributed by atoms with van der Waals surface area (Å²) >= 11 is 1.75. The van der Waals surface area contributed by atoms with Crippen molar-refractivity contribution in [1.29, 1.82) is 0 Å². The normalized spacial score (nSPS) is 12.2. The SMILES string of the molecule is c1ccc(-c2nc(-c3cc4ccccc4c4c3oc3c(-n5c6ccccc6c6cc7c8ccccc8n(-c8ccccc8)c7cc65)cccc34)nc3c2sc2ccccc23)cc1. The van der Waals surface area contributed by atoms with Crippen LogP contribution in [0.25, 0.3) is 131 Å². The molecule has 0 N–H and O–H groups in total. The van der Waals surface area contributed by atoms with Crippen LogP contribution in [0.15, 0.2) is 199 Å². The summed E-state index contributed by atoms with van der Waals surface area (Å²) in [5, 5.41) is 10.3. The van der Waals surface area contributed by atoms with E-state index in [1.165, 1.54) is 31.8 Å². The fourth-order valence-corrected chi connectivity index (χ4v) is 11.2. The smallest absolute Gasteiger partial charge is 0.164 e. The van der Waals surface area contributed by atoms with Crippen LogP contribution in [0.2, 0.25) is 0 Å². The second-order valence-corrected chi connectivity index (χ2v) is 17.1. The maximum absolute atomic E-state index is 7.35. The van der Waals surface area contributed by atoms with Crippen LogP contribution in [0.3, 0.4) is 0 Å². The second kappa shape index (κ2) is 12.7. The van der Waals surface area contributed by atoms with E-state index in [9.17, 15) is 0 Å². The van der Waals surface area contributed by atoms with E-state index in [-0.39, 0.29) is 0 Å². The van der Waals surface area contributed by atoms with E-state index in [4.69, 9.17) is 14.4 Å². The molecule has 0 bridgehead atoms. The molecule has 0 saturated heterocycles. The van der Waals surface area contributed by atoms with Gasteiger partial charge in [-0.2, -0.15) is 0 Å². The number of para-hydroxylation sites is 4. The minimum absolute atomic E-state index is 0.643. The molecule has 0 fully saturated rings. The van der Waals surface area contributed by atoms with Crippen molar-refractivity contribution in [3.63, 3.8) is 0 Å². The van der Waals surface area contributed by atoms with Crippen molar-refractivity contribution < 1.29 is 4.42 Å². The molecule has 0 unspecified atom stereocenters. The molecule has 0 atom stereocenters. The lowest BCUT2D eigenvalue weighted by molar-refractivity contribution is 0.667. The molecule has 0 spiro atoms. The summed E-state index contributed by atoms with van der Waals surface area (Å²) in [7, 11) is 0. The van der Waals surface area contributed by atoms with Crippen molar-refractivity contribution in [2.45, 2.75) is 0 Å². The minimum atomic E-state index is 0.643. The molecule has 5 aromatic heterocycles. The summed E-state index contributed by atoms with van der Waals surface area (Å²) in [6.07, 6.45) is 0. The molecule has 0 aliphatic heterocycles. The van der Waals surface area contributed by atoms with Gasteiger partial charge in [0.15, 0.2) is 11.4 Å². The Kier molecular flexibility index (Phi) is 6.92. The fraction of sp³-hybridized carbons (Fsp3) is 0. The lowest BCUT2D eigenvalue weighted by atomic mass is 9.99. The molecule has 0 amide bonds. The van der Waals surface area contributed by atoms with Gasteiger partial charge in [0.2, 0.25) is 0 Å². The van der Waals surface area contributed by atoms with Crippen LogP contribution in [0.1, 0.15) is 0 Å². The zero-order valence-electron chi connectivity index (χ0n) is 33.1. The Morgan fingerprint density at radius 2 is 1.06 bits per heavy atom. The zero-order chi connectivity index (χ0) is 40.5. The Bertz CT molecular complexity index is 4160.